The zero-order valence-corrected chi connectivity index (χ0v) is 14.5. The first-order chi connectivity index (χ1) is 12.5. The molecule has 4 nitrogen and oxygen atoms in total. The van der Waals surface area contributed by atoms with Crippen LogP contribution < -0.4 is 0 Å². The van der Waals surface area contributed by atoms with E-state index in [1.807, 2.05) is 0 Å². The van der Waals surface area contributed by atoms with Crippen molar-refractivity contribution in [2.24, 2.45) is 17.5 Å². The standard InChI is InChI=1S/C6F16N4S3/c7-3(8,9)1(4(10,11)12,25-28(19)20)23-27-24-2(5(13,14)15,6(16,17)18)26-29(21)22. The molecule has 0 heterocycles. The number of hydrogen-bond donors (Lipinski definition) is 0. The molecule has 0 saturated heterocycles. The molecule has 0 amide bonds. The van der Waals surface area contributed by atoms with Crippen molar-refractivity contribution in [3.63, 3.8) is 0 Å². The molecule has 0 aliphatic rings. The van der Waals surface area contributed by atoms with Crippen molar-refractivity contribution in [3.8, 4) is 0 Å². The normalized spacial score (nSPS) is 14.8. The quantitative estimate of drug-likeness (QED) is 0.390. The summed E-state index contributed by atoms with van der Waals surface area (Å²) in [6.07, 6.45) is -27.8. The molecule has 0 aliphatic carbocycles. The molecule has 0 saturated carbocycles. The Kier molecular flexibility index (Phi) is 8.33. The number of halogens is 16. The second-order valence-corrected chi connectivity index (χ2v) is 5.85. The van der Waals surface area contributed by atoms with E-state index >= 15 is 0 Å². The topological polar surface area (TPSA) is 49.4 Å². The van der Waals surface area contributed by atoms with Gasteiger partial charge in [0.1, 0.15) is 0 Å². The van der Waals surface area contributed by atoms with Gasteiger partial charge in [0, 0.05) is 0 Å². The molecule has 29 heavy (non-hydrogen) atoms. The first-order valence-electron chi connectivity index (χ1n) is 5.51. The van der Waals surface area contributed by atoms with E-state index in [1.54, 1.807) is 0 Å². The summed E-state index contributed by atoms with van der Waals surface area (Å²) in [5, 5.41) is 0. The Bertz CT molecular complexity index is 627. The summed E-state index contributed by atoms with van der Waals surface area (Å²) in [7, 11) is 0. The summed E-state index contributed by atoms with van der Waals surface area (Å²) in [4.78, 5) is 0. The van der Waals surface area contributed by atoms with Crippen molar-refractivity contribution in [2.45, 2.75) is 36.0 Å². The molecule has 0 aromatic rings. The summed E-state index contributed by atoms with van der Waals surface area (Å²) >= 11 is -12.4. The van der Waals surface area contributed by atoms with Gasteiger partial charge in [-0.1, -0.05) is 0 Å². The molecule has 0 spiro atoms. The second-order valence-electron chi connectivity index (χ2n) is 4.17. The third kappa shape index (κ3) is 6.01. The highest BCUT2D eigenvalue weighted by atomic mass is 32.2. The fraction of sp³-hybridized carbons (Fsp3) is 1.00. The van der Waals surface area contributed by atoms with Gasteiger partial charge in [-0.05, 0) is 0 Å². The molecule has 0 fully saturated rings. The van der Waals surface area contributed by atoms with Crippen LogP contribution in [0.15, 0.2) is 17.5 Å². The number of rotatable bonds is 4. The minimum Gasteiger partial charge on any atom is -0.166 e. The third-order valence-electron chi connectivity index (χ3n) is 2.33. The van der Waals surface area contributed by atoms with E-state index in [-0.39, 0.29) is 0 Å². The number of nitrogens with zero attached hydrogens (tertiary/aromatic N) is 4. The highest BCUT2D eigenvalue weighted by molar-refractivity contribution is 7.77. The monoisotopic (exact) mass is 528 g/mol. The summed E-state index contributed by atoms with van der Waals surface area (Å²) in [5.74, 6) is 0. The van der Waals surface area contributed by atoms with Crippen LogP contribution in [0, 0.1) is 0 Å². The average molecular weight is 528 g/mol. The highest BCUT2D eigenvalue weighted by Crippen LogP contribution is 2.49. The fourth-order valence-electron chi connectivity index (χ4n) is 1.11. The van der Waals surface area contributed by atoms with Crippen LogP contribution in [0.3, 0.4) is 0 Å². The SMILES string of the molecule is FS(F)=NC(N=S=NC(N=S(F)F)(C(F)(F)F)C(F)(F)F)(C(F)(F)F)C(F)(F)F. The van der Waals surface area contributed by atoms with Gasteiger partial charge >= 0.3 is 36.0 Å². The molecule has 0 N–H and O–H groups in total. The lowest BCUT2D eigenvalue weighted by atomic mass is 10.2. The Labute approximate surface area is 156 Å². The van der Waals surface area contributed by atoms with Crippen molar-refractivity contribution in [3.05, 3.63) is 0 Å². The van der Waals surface area contributed by atoms with Crippen molar-refractivity contribution in [1.29, 1.82) is 0 Å². The third-order valence-corrected chi connectivity index (χ3v) is 3.83. The lowest BCUT2D eigenvalue weighted by Crippen LogP contribution is -2.54. The van der Waals surface area contributed by atoms with Gasteiger partial charge in [-0.15, -0.1) is 15.5 Å². The Hall–Kier alpha value is -1.00. The van der Waals surface area contributed by atoms with Crippen LogP contribution in [-0.4, -0.2) is 36.0 Å². The summed E-state index contributed by atoms with van der Waals surface area (Å²) in [6, 6.07) is 0. The maximum absolute atomic E-state index is 12.7. The van der Waals surface area contributed by atoms with Crippen LogP contribution in [0.4, 0.5) is 68.2 Å². The summed E-state index contributed by atoms with van der Waals surface area (Å²) in [5.41, 5.74) is -12.5. The van der Waals surface area contributed by atoms with Gasteiger partial charge in [-0.25, -0.2) is 0 Å². The highest BCUT2D eigenvalue weighted by Gasteiger charge is 2.75. The van der Waals surface area contributed by atoms with Gasteiger partial charge in [-0.3, -0.25) is 0 Å². The lowest BCUT2D eigenvalue weighted by molar-refractivity contribution is -0.291. The zero-order valence-electron chi connectivity index (χ0n) is 12.1. The van der Waals surface area contributed by atoms with Crippen LogP contribution in [0.2, 0.25) is 0 Å². The van der Waals surface area contributed by atoms with Crippen molar-refractivity contribution in [2.75, 3.05) is 0 Å². The Morgan fingerprint density at radius 1 is 0.448 bits per heavy atom. The zero-order chi connectivity index (χ0) is 23.7. The number of alkyl halides is 12. The first-order valence-corrected chi connectivity index (χ1v) is 8.20. The smallest absolute Gasteiger partial charge is 0.166 e. The minimum atomic E-state index is -6.95. The average Bonchev–Trinajstić information content (AvgIpc) is 2.38. The lowest BCUT2D eigenvalue weighted by Gasteiger charge is -2.29. The first kappa shape index (κ1) is 28.0. The maximum Gasteiger partial charge on any atom is 0.445 e. The number of hydrogen-bond acceptors (Lipinski definition) is 4. The molecule has 0 rings (SSSR count). The minimum absolute atomic E-state index is 0.913. The molecule has 0 unspecified atom stereocenters. The van der Waals surface area contributed by atoms with E-state index in [0.717, 1.165) is 8.73 Å². The van der Waals surface area contributed by atoms with Gasteiger partial charge in [0.25, 0.3) is 22.9 Å². The van der Waals surface area contributed by atoms with Crippen LogP contribution in [-0.2, 0) is 34.3 Å². The van der Waals surface area contributed by atoms with E-state index in [2.05, 4.69) is 0 Å². The van der Waals surface area contributed by atoms with E-state index < -0.39 is 70.3 Å². The Balaban J connectivity index is 7.21. The molecule has 174 valence electrons. The molecule has 0 aliphatic heterocycles. The van der Waals surface area contributed by atoms with Gasteiger partial charge in [0.2, 0.25) is 0 Å². The molecule has 0 radical (unpaired) electrons. The van der Waals surface area contributed by atoms with Gasteiger partial charge in [0.15, 0.2) is 0 Å². The maximum atomic E-state index is 12.7. The van der Waals surface area contributed by atoms with E-state index in [4.69, 9.17) is 0 Å². The van der Waals surface area contributed by atoms with Crippen molar-refractivity contribution in [1.82, 2.24) is 0 Å². The van der Waals surface area contributed by atoms with Crippen molar-refractivity contribution >= 4 is 34.3 Å². The molecule has 0 aromatic carbocycles. The van der Waals surface area contributed by atoms with E-state index in [0.29, 0.717) is 0 Å². The molecular formula is C6F16N4S3. The van der Waals surface area contributed by atoms with Crippen LogP contribution in [0.25, 0.3) is 0 Å². The van der Waals surface area contributed by atoms with Crippen LogP contribution >= 0.6 is 0 Å². The molecular weight excluding hydrogens is 528 g/mol. The molecule has 23 heteroatoms. The predicted octanol–water partition coefficient (Wildman–Crippen LogP) is 6.22. The molecule has 0 aromatic heterocycles. The fourth-order valence-corrected chi connectivity index (χ4v) is 2.88. The van der Waals surface area contributed by atoms with Gasteiger partial charge in [0.05, 0.1) is 11.4 Å². The Morgan fingerprint density at radius 2 is 0.655 bits per heavy atom. The van der Waals surface area contributed by atoms with Gasteiger partial charge < -0.3 is 0 Å². The predicted molar refractivity (Wildman–Crippen MR) is 65.9 cm³/mol. The van der Waals surface area contributed by atoms with E-state index in [9.17, 15) is 68.2 Å². The summed E-state index contributed by atoms with van der Waals surface area (Å²) in [6.45, 7) is 0. The largest absolute Gasteiger partial charge is 0.445 e. The van der Waals surface area contributed by atoms with Crippen LogP contribution in [0.1, 0.15) is 0 Å². The van der Waals surface area contributed by atoms with E-state index in [1.165, 1.54) is 8.73 Å². The second kappa shape index (κ2) is 8.63. The molecule has 0 bridgehead atoms. The van der Waals surface area contributed by atoms with Crippen LogP contribution in [0.5, 0.6) is 0 Å². The van der Waals surface area contributed by atoms with Crippen molar-refractivity contribution < 1.29 is 68.2 Å². The van der Waals surface area contributed by atoms with Gasteiger partial charge in [-0.2, -0.15) is 70.1 Å². The summed E-state index contributed by atoms with van der Waals surface area (Å²) < 4.78 is 204. The molecule has 0 atom stereocenters. The Morgan fingerprint density at radius 3 is 0.793 bits per heavy atom.